The standard InChI is InChI=1S/C17H20ClN/c1-13-6-14(2)8-17(7-13)12-19-11-16-5-3-4-15(9-16)10-18/h3-9,19H,10-12H2,1-2H3. The third-order valence-electron chi connectivity index (χ3n) is 3.09. The van der Waals surface area contributed by atoms with Crippen LogP contribution in [0, 0.1) is 13.8 Å². The van der Waals surface area contributed by atoms with E-state index in [9.17, 15) is 0 Å². The normalized spacial score (nSPS) is 10.7. The summed E-state index contributed by atoms with van der Waals surface area (Å²) in [4.78, 5) is 0. The molecule has 0 aliphatic heterocycles. The van der Waals surface area contributed by atoms with Gasteiger partial charge in [0.2, 0.25) is 0 Å². The third kappa shape index (κ3) is 4.38. The zero-order valence-electron chi connectivity index (χ0n) is 11.5. The van der Waals surface area contributed by atoms with Crippen LogP contribution in [0.3, 0.4) is 0 Å². The van der Waals surface area contributed by atoms with Crippen molar-refractivity contribution >= 4 is 11.6 Å². The van der Waals surface area contributed by atoms with E-state index >= 15 is 0 Å². The van der Waals surface area contributed by atoms with Crippen LogP contribution in [0.5, 0.6) is 0 Å². The van der Waals surface area contributed by atoms with E-state index in [0.717, 1.165) is 13.1 Å². The smallest absolute Gasteiger partial charge is 0.0474 e. The van der Waals surface area contributed by atoms with E-state index in [-0.39, 0.29) is 0 Å². The molecule has 2 heteroatoms. The highest BCUT2D eigenvalue weighted by atomic mass is 35.5. The molecule has 0 unspecified atom stereocenters. The second kappa shape index (κ2) is 6.74. The molecule has 1 nitrogen and oxygen atoms in total. The quantitative estimate of drug-likeness (QED) is 0.800. The van der Waals surface area contributed by atoms with Crippen LogP contribution in [0.4, 0.5) is 0 Å². The van der Waals surface area contributed by atoms with Crippen LogP contribution in [0.1, 0.15) is 27.8 Å². The van der Waals surface area contributed by atoms with E-state index in [1.165, 1.54) is 27.8 Å². The molecule has 2 aromatic carbocycles. The molecule has 0 spiro atoms. The Morgan fingerprint density at radius 3 is 2.16 bits per heavy atom. The lowest BCUT2D eigenvalue weighted by Gasteiger charge is -2.08. The van der Waals surface area contributed by atoms with Crippen molar-refractivity contribution in [1.82, 2.24) is 5.32 Å². The zero-order valence-corrected chi connectivity index (χ0v) is 12.3. The summed E-state index contributed by atoms with van der Waals surface area (Å²) in [5.41, 5.74) is 6.43. The average Bonchev–Trinajstić information content (AvgIpc) is 2.38. The number of hydrogen-bond donors (Lipinski definition) is 1. The maximum absolute atomic E-state index is 5.84. The Bertz CT molecular complexity index is 528. The Morgan fingerprint density at radius 1 is 0.842 bits per heavy atom. The number of nitrogens with one attached hydrogen (secondary N) is 1. The van der Waals surface area contributed by atoms with Gasteiger partial charge in [-0.1, -0.05) is 53.6 Å². The highest BCUT2D eigenvalue weighted by Gasteiger charge is 1.98. The molecule has 2 aromatic rings. The maximum Gasteiger partial charge on any atom is 0.0474 e. The monoisotopic (exact) mass is 273 g/mol. The van der Waals surface area contributed by atoms with Crippen LogP contribution in [0.2, 0.25) is 0 Å². The van der Waals surface area contributed by atoms with Crippen molar-refractivity contribution in [3.8, 4) is 0 Å². The molecule has 0 saturated heterocycles. The van der Waals surface area contributed by atoms with E-state index in [1.54, 1.807) is 0 Å². The van der Waals surface area contributed by atoms with E-state index in [1.807, 2.05) is 0 Å². The van der Waals surface area contributed by atoms with Crippen LogP contribution in [0.15, 0.2) is 42.5 Å². The van der Waals surface area contributed by atoms with Crippen molar-refractivity contribution in [2.75, 3.05) is 0 Å². The fourth-order valence-electron chi connectivity index (χ4n) is 2.34. The van der Waals surface area contributed by atoms with Crippen molar-refractivity contribution in [2.24, 2.45) is 0 Å². The number of rotatable bonds is 5. The number of aryl methyl sites for hydroxylation is 2. The highest BCUT2D eigenvalue weighted by Crippen LogP contribution is 2.10. The maximum atomic E-state index is 5.84. The molecule has 0 heterocycles. The molecule has 0 aromatic heterocycles. The summed E-state index contributed by atoms with van der Waals surface area (Å²) in [5, 5.41) is 3.48. The lowest BCUT2D eigenvalue weighted by atomic mass is 10.1. The summed E-state index contributed by atoms with van der Waals surface area (Å²) in [5.74, 6) is 0.574. The van der Waals surface area contributed by atoms with Gasteiger partial charge < -0.3 is 5.32 Å². The molecule has 1 N–H and O–H groups in total. The van der Waals surface area contributed by atoms with E-state index < -0.39 is 0 Å². The van der Waals surface area contributed by atoms with Gasteiger partial charge in [0.25, 0.3) is 0 Å². The minimum Gasteiger partial charge on any atom is -0.309 e. The van der Waals surface area contributed by atoms with Gasteiger partial charge in [0.05, 0.1) is 0 Å². The first kappa shape index (κ1) is 14.1. The van der Waals surface area contributed by atoms with Crippen molar-refractivity contribution in [3.63, 3.8) is 0 Å². The Balaban J connectivity index is 1.92. The van der Waals surface area contributed by atoms with Gasteiger partial charge in [-0.25, -0.2) is 0 Å². The molecule has 0 atom stereocenters. The Kier molecular flexibility index (Phi) is 5.00. The molecule has 2 rings (SSSR count). The average molecular weight is 274 g/mol. The van der Waals surface area contributed by atoms with Crippen LogP contribution >= 0.6 is 11.6 Å². The first-order valence-electron chi connectivity index (χ1n) is 6.59. The lowest BCUT2D eigenvalue weighted by molar-refractivity contribution is 0.692. The molecule has 0 bridgehead atoms. The highest BCUT2D eigenvalue weighted by molar-refractivity contribution is 6.17. The summed E-state index contributed by atoms with van der Waals surface area (Å²) in [6.07, 6.45) is 0. The van der Waals surface area contributed by atoms with Gasteiger partial charge in [-0.15, -0.1) is 11.6 Å². The minimum absolute atomic E-state index is 0.574. The largest absolute Gasteiger partial charge is 0.309 e. The van der Waals surface area contributed by atoms with Crippen molar-refractivity contribution in [2.45, 2.75) is 32.8 Å². The van der Waals surface area contributed by atoms with Gasteiger partial charge in [0, 0.05) is 19.0 Å². The van der Waals surface area contributed by atoms with Crippen molar-refractivity contribution in [3.05, 3.63) is 70.3 Å². The van der Waals surface area contributed by atoms with Gasteiger partial charge in [0.15, 0.2) is 0 Å². The minimum atomic E-state index is 0.574. The summed E-state index contributed by atoms with van der Waals surface area (Å²) in [6.45, 7) is 6.05. The van der Waals surface area contributed by atoms with Gasteiger partial charge in [-0.3, -0.25) is 0 Å². The molecule has 0 radical (unpaired) electrons. The van der Waals surface area contributed by atoms with Crippen LogP contribution in [-0.2, 0) is 19.0 Å². The lowest BCUT2D eigenvalue weighted by Crippen LogP contribution is -2.13. The Hall–Kier alpha value is -1.31. The molecule has 0 amide bonds. The predicted molar refractivity (Wildman–Crippen MR) is 82.5 cm³/mol. The van der Waals surface area contributed by atoms with E-state index in [4.69, 9.17) is 11.6 Å². The van der Waals surface area contributed by atoms with Crippen LogP contribution in [-0.4, -0.2) is 0 Å². The SMILES string of the molecule is Cc1cc(C)cc(CNCc2cccc(CCl)c2)c1. The first-order valence-corrected chi connectivity index (χ1v) is 7.12. The molecular weight excluding hydrogens is 254 g/mol. The number of halogens is 1. The second-order valence-corrected chi connectivity index (χ2v) is 5.32. The summed E-state index contributed by atoms with van der Waals surface area (Å²) < 4.78 is 0. The van der Waals surface area contributed by atoms with Gasteiger partial charge in [-0.05, 0) is 30.5 Å². The summed E-state index contributed by atoms with van der Waals surface area (Å²) in [6, 6.07) is 15.1. The Labute approximate surface area is 120 Å². The molecule has 0 fully saturated rings. The molecule has 0 saturated carbocycles. The fourth-order valence-corrected chi connectivity index (χ4v) is 2.51. The topological polar surface area (TPSA) is 12.0 Å². The number of benzene rings is 2. The Morgan fingerprint density at radius 2 is 1.47 bits per heavy atom. The number of alkyl halides is 1. The molecule has 0 aliphatic carbocycles. The van der Waals surface area contributed by atoms with Crippen molar-refractivity contribution < 1.29 is 0 Å². The summed E-state index contributed by atoms with van der Waals surface area (Å²) in [7, 11) is 0. The van der Waals surface area contributed by atoms with E-state index in [2.05, 4.69) is 61.6 Å². The predicted octanol–water partition coefficient (Wildman–Crippen LogP) is 4.33. The summed E-state index contributed by atoms with van der Waals surface area (Å²) >= 11 is 5.84. The van der Waals surface area contributed by atoms with Crippen LogP contribution < -0.4 is 5.32 Å². The number of hydrogen-bond acceptors (Lipinski definition) is 1. The molecule has 19 heavy (non-hydrogen) atoms. The zero-order chi connectivity index (χ0) is 13.7. The molecule has 100 valence electrons. The van der Waals surface area contributed by atoms with Crippen LogP contribution in [0.25, 0.3) is 0 Å². The van der Waals surface area contributed by atoms with Gasteiger partial charge in [-0.2, -0.15) is 0 Å². The van der Waals surface area contributed by atoms with E-state index in [0.29, 0.717) is 5.88 Å². The fraction of sp³-hybridized carbons (Fsp3) is 0.294. The molecule has 0 aliphatic rings. The third-order valence-corrected chi connectivity index (χ3v) is 3.39. The van der Waals surface area contributed by atoms with Gasteiger partial charge >= 0.3 is 0 Å². The molecular formula is C17H20ClN. The first-order chi connectivity index (χ1) is 9.17. The second-order valence-electron chi connectivity index (χ2n) is 5.05. The van der Waals surface area contributed by atoms with Crippen molar-refractivity contribution in [1.29, 1.82) is 0 Å². The van der Waals surface area contributed by atoms with Gasteiger partial charge in [0.1, 0.15) is 0 Å².